The Labute approximate surface area is 177 Å². The maximum atomic E-state index is 13.2. The van der Waals surface area contributed by atoms with Crippen molar-refractivity contribution in [3.05, 3.63) is 28.1 Å². The fourth-order valence-electron chi connectivity index (χ4n) is 3.15. The molecule has 0 bridgehead atoms. The van der Waals surface area contributed by atoms with Crippen LogP contribution in [0.15, 0.2) is 18.2 Å². The number of nitrogens with zero attached hydrogens (tertiary/aromatic N) is 1. The highest BCUT2D eigenvalue weighted by Gasteiger charge is 2.37. The Kier molecular flexibility index (Phi) is 6.97. The highest BCUT2D eigenvalue weighted by molar-refractivity contribution is 7.21. The Morgan fingerprint density at radius 2 is 2.17 bits per heavy atom. The number of ether oxygens (including phenoxy) is 2. The zero-order valence-electron chi connectivity index (χ0n) is 16.3. The molecule has 1 aromatic heterocycles. The van der Waals surface area contributed by atoms with Gasteiger partial charge >= 0.3 is 5.97 Å². The highest BCUT2D eigenvalue weighted by Crippen LogP contribution is 2.38. The van der Waals surface area contributed by atoms with Crippen LogP contribution in [0.2, 0.25) is 5.02 Å². The number of methoxy groups -OCH3 is 1. The molecule has 156 valence electrons. The zero-order valence-corrected chi connectivity index (χ0v) is 17.9. The van der Waals surface area contributed by atoms with Crippen molar-refractivity contribution >= 4 is 50.8 Å². The number of hydrogen-bond acceptors (Lipinski definition) is 6. The number of amides is 2. The maximum Gasteiger partial charge on any atom is 0.308 e. The Morgan fingerprint density at radius 3 is 2.90 bits per heavy atom. The topological polar surface area (TPSA) is 84.9 Å². The minimum Gasteiger partial charge on any atom is -0.497 e. The molecule has 2 heterocycles. The molecule has 7 nitrogen and oxygen atoms in total. The van der Waals surface area contributed by atoms with Crippen LogP contribution in [0.4, 0.5) is 0 Å². The van der Waals surface area contributed by atoms with E-state index >= 15 is 0 Å². The molecule has 1 saturated heterocycles. The average Bonchev–Trinajstić information content (AvgIpc) is 3.05. The van der Waals surface area contributed by atoms with Crippen LogP contribution in [0.1, 0.15) is 35.9 Å². The van der Waals surface area contributed by atoms with E-state index in [4.69, 9.17) is 21.1 Å². The molecule has 1 aromatic carbocycles. The quantitative estimate of drug-likeness (QED) is 0.530. The number of hydrogen-bond donors (Lipinski definition) is 1. The van der Waals surface area contributed by atoms with Gasteiger partial charge in [0.25, 0.3) is 5.91 Å². The minimum absolute atomic E-state index is 0.183. The molecular formula is C20H23ClN2O5S. The first-order chi connectivity index (χ1) is 14.0. The molecule has 1 atom stereocenters. The van der Waals surface area contributed by atoms with Crippen LogP contribution in [0, 0.1) is 0 Å². The summed E-state index contributed by atoms with van der Waals surface area (Å²) in [6.45, 7) is 2.92. The molecule has 0 spiro atoms. The summed E-state index contributed by atoms with van der Waals surface area (Å²) in [5.74, 6) is -0.558. The lowest BCUT2D eigenvalue weighted by Gasteiger charge is -2.34. The van der Waals surface area contributed by atoms with E-state index in [1.54, 1.807) is 19.2 Å². The van der Waals surface area contributed by atoms with Gasteiger partial charge < -0.3 is 19.7 Å². The first kappa shape index (κ1) is 21.4. The number of esters is 1. The summed E-state index contributed by atoms with van der Waals surface area (Å²) in [6, 6.07) is 4.48. The molecule has 1 N–H and O–H groups in total. The van der Waals surface area contributed by atoms with Crippen molar-refractivity contribution in [3.63, 3.8) is 0 Å². The van der Waals surface area contributed by atoms with Gasteiger partial charge in [0.05, 0.1) is 25.2 Å². The van der Waals surface area contributed by atoms with Crippen molar-refractivity contribution < 1.29 is 23.9 Å². The molecular weight excluding hydrogens is 416 g/mol. The van der Waals surface area contributed by atoms with E-state index in [1.165, 1.54) is 16.2 Å². The van der Waals surface area contributed by atoms with Gasteiger partial charge in [0, 0.05) is 23.2 Å². The molecule has 2 aromatic rings. The zero-order chi connectivity index (χ0) is 21.0. The second-order valence-electron chi connectivity index (χ2n) is 6.69. The van der Waals surface area contributed by atoms with Crippen LogP contribution in [0.3, 0.4) is 0 Å². The predicted octanol–water partition coefficient (Wildman–Crippen LogP) is 3.24. The van der Waals surface area contributed by atoms with Gasteiger partial charge in [-0.15, -0.1) is 11.3 Å². The molecule has 2 amide bonds. The van der Waals surface area contributed by atoms with Gasteiger partial charge in [-0.05, 0) is 24.6 Å². The lowest BCUT2D eigenvalue weighted by molar-refractivity contribution is -0.147. The Morgan fingerprint density at radius 1 is 1.38 bits per heavy atom. The van der Waals surface area contributed by atoms with Crippen molar-refractivity contribution in [3.8, 4) is 5.75 Å². The summed E-state index contributed by atoms with van der Waals surface area (Å²) in [7, 11) is 1.57. The lowest BCUT2D eigenvalue weighted by atomic mass is 10.1. The number of fused-ring (bicyclic) bond motifs is 1. The van der Waals surface area contributed by atoms with Crippen LogP contribution in [-0.4, -0.2) is 55.5 Å². The van der Waals surface area contributed by atoms with Crippen LogP contribution in [0.5, 0.6) is 5.75 Å². The first-order valence-electron chi connectivity index (χ1n) is 9.46. The third kappa shape index (κ3) is 4.64. The van der Waals surface area contributed by atoms with E-state index in [0.29, 0.717) is 35.3 Å². The molecule has 3 rings (SSSR count). The summed E-state index contributed by atoms with van der Waals surface area (Å²) in [5.41, 5.74) is 0. The number of thiophene rings is 1. The number of benzene rings is 1. The summed E-state index contributed by atoms with van der Waals surface area (Å²) < 4.78 is 11.2. The molecule has 0 saturated carbocycles. The van der Waals surface area contributed by atoms with Crippen LogP contribution < -0.4 is 10.1 Å². The van der Waals surface area contributed by atoms with Crippen molar-refractivity contribution in [1.82, 2.24) is 10.2 Å². The number of halogens is 1. The molecule has 1 unspecified atom stereocenters. The van der Waals surface area contributed by atoms with E-state index in [-0.39, 0.29) is 18.2 Å². The van der Waals surface area contributed by atoms with E-state index in [1.807, 2.05) is 13.0 Å². The SMILES string of the molecule is CCCCOC(=O)CC1C(=O)NCCN1C(=O)c1sc2cc(OC)ccc2c1Cl. The summed E-state index contributed by atoms with van der Waals surface area (Å²) in [5, 5.41) is 3.80. The summed E-state index contributed by atoms with van der Waals surface area (Å²) in [6.07, 6.45) is 1.47. The lowest BCUT2D eigenvalue weighted by Crippen LogP contribution is -2.57. The highest BCUT2D eigenvalue weighted by atomic mass is 35.5. The molecule has 0 aliphatic carbocycles. The monoisotopic (exact) mass is 438 g/mol. The molecule has 29 heavy (non-hydrogen) atoms. The summed E-state index contributed by atoms with van der Waals surface area (Å²) in [4.78, 5) is 39.5. The number of carbonyl (C=O) groups excluding carboxylic acids is 3. The molecule has 0 radical (unpaired) electrons. The van der Waals surface area contributed by atoms with Crippen molar-refractivity contribution in [1.29, 1.82) is 0 Å². The van der Waals surface area contributed by atoms with Gasteiger partial charge in [-0.2, -0.15) is 0 Å². The second kappa shape index (κ2) is 9.45. The van der Waals surface area contributed by atoms with Crippen molar-refractivity contribution in [2.75, 3.05) is 26.8 Å². The number of nitrogens with one attached hydrogen (secondary N) is 1. The minimum atomic E-state index is -0.916. The van der Waals surface area contributed by atoms with Gasteiger partial charge in [0.1, 0.15) is 16.7 Å². The average molecular weight is 439 g/mol. The first-order valence-corrected chi connectivity index (χ1v) is 10.7. The van der Waals surface area contributed by atoms with E-state index in [2.05, 4.69) is 5.32 Å². The van der Waals surface area contributed by atoms with Crippen molar-refractivity contribution in [2.45, 2.75) is 32.2 Å². The van der Waals surface area contributed by atoms with Crippen LogP contribution in [0.25, 0.3) is 10.1 Å². The van der Waals surface area contributed by atoms with Gasteiger partial charge in [-0.3, -0.25) is 14.4 Å². The Bertz CT molecular complexity index is 929. The van der Waals surface area contributed by atoms with Gasteiger partial charge in [0.15, 0.2) is 0 Å². The molecule has 1 aliphatic heterocycles. The second-order valence-corrected chi connectivity index (χ2v) is 8.12. The van der Waals surface area contributed by atoms with Crippen LogP contribution >= 0.6 is 22.9 Å². The number of carbonyl (C=O) groups is 3. The largest absolute Gasteiger partial charge is 0.497 e. The summed E-state index contributed by atoms with van der Waals surface area (Å²) >= 11 is 7.71. The fourth-order valence-corrected chi connectivity index (χ4v) is 4.64. The van der Waals surface area contributed by atoms with Gasteiger partial charge in [-0.1, -0.05) is 24.9 Å². The van der Waals surface area contributed by atoms with Gasteiger partial charge in [-0.25, -0.2) is 0 Å². The number of piperazine rings is 1. The van der Waals surface area contributed by atoms with Crippen molar-refractivity contribution in [2.24, 2.45) is 0 Å². The Hall–Kier alpha value is -2.32. The predicted molar refractivity (Wildman–Crippen MR) is 112 cm³/mol. The third-order valence-electron chi connectivity index (χ3n) is 4.74. The van der Waals surface area contributed by atoms with E-state index in [0.717, 1.165) is 22.9 Å². The van der Waals surface area contributed by atoms with Crippen LogP contribution in [-0.2, 0) is 14.3 Å². The molecule has 1 fully saturated rings. The van der Waals surface area contributed by atoms with E-state index < -0.39 is 12.0 Å². The maximum absolute atomic E-state index is 13.2. The Balaban J connectivity index is 1.83. The third-order valence-corrected chi connectivity index (χ3v) is 6.39. The van der Waals surface area contributed by atoms with Gasteiger partial charge in [0.2, 0.25) is 5.91 Å². The molecule has 1 aliphatic rings. The number of rotatable bonds is 7. The fraction of sp³-hybridized carbons (Fsp3) is 0.450. The smallest absolute Gasteiger partial charge is 0.308 e. The normalized spacial score (nSPS) is 16.6. The standard InChI is InChI=1S/C20H23ClN2O5S/c1-3-4-9-28-16(24)11-14-19(25)22-7-8-23(14)20(26)18-17(21)13-6-5-12(27-2)10-15(13)29-18/h5-6,10,14H,3-4,7-9,11H2,1-2H3,(H,22,25). The van der Waals surface area contributed by atoms with E-state index in [9.17, 15) is 14.4 Å². The number of unbranched alkanes of at least 4 members (excludes halogenated alkanes) is 1. The molecule has 9 heteroatoms.